The molecule has 0 heterocycles. The summed E-state index contributed by atoms with van der Waals surface area (Å²) in [4.78, 5) is 28.6. The molecule has 5 nitrogen and oxygen atoms in total. The quantitative estimate of drug-likeness (QED) is 0.408. The van der Waals surface area contributed by atoms with Crippen LogP contribution in [0.3, 0.4) is 0 Å². The van der Waals surface area contributed by atoms with Gasteiger partial charge in [0.1, 0.15) is 0 Å². The highest BCUT2D eigenvalue weighted by Gasteiger charge is 2.20. The van der Waals surface area contributed by atoms with Crippen molar-refractivity contribution in [3.05, 3.63) is 9.81 Å². The van der Waals surface area contributed by atoms with E-state index in [1.165, 1.54) is 23.5 Å². The van der Waals surface area contributed by atoms with Gasteiger partial charge < -0.3 is 0 Å². The number of unbranched alkanes of at least 4 members (excludes halogenated alkanes) is 1. The van der Waals surface area contributed by atoms with E-state index in [1.54, 1.807) is 0 Å². The molecule has 0 radical (unpaired) electrons. The van der Waals surface area contributed by atoms with Crippen molar-refractivity contribution < 1.29 is 14.4 Å². The Morgan fingerprint density at radius 2 is 1.80 bits per heavy atom. The van der Waals surface area contributed by atoms with E-state index in [0.717, 1.165) is 17.1 Å². The van der Waals surface area contributed by atoms with Crippen molar-refractivity contribution in [2.24, 2.45) is 5.92 Å². The average Bonchev–Trinajstić information content (AvgIpc) is 2.39. The third-order valence-corrected chi connectivity index (χ3v) is 4.59. The molecule has 0 bridgehead atoms. The third-order valence-electron chi connectivity index (χ3n) is 2.40. The van der Waals surface area contributed by atoms with E-state index >= 15 is 0 Å². The zero-order valence-corrected chi connectivity index (χ0v) is 14.4. The Kier molecular flexibility index (Phi) is 10.7. The topological polar surface area (TPSA) is 67.4 Å². The molecular formula is C13H24N2O3S2. The zero-order chi connectivity index (χ0) is 15.5. The number of imide groups is 1. The lowest BCUT2D eigenvalue weighted by Crippen LogP contribution is -2.41. The first-order chi connectivity index (χ1) is 9.47. The lowest BCUT2D eigenvalue weighted by atomic mass is 10.1. The van der Waals surface area contributed by atoms with Crippen molar-refractivity contribution in [2.75, 3.05) is 19.1 Å². The molecule has 0 rings (SSSR count). The zero-order valence-electron chi connectivity index (χ0n) is 12.7. The summed E-state index contributed by atoms with van der Waals surface area (Å²) in [5.74, 6) is -0.339. The summed E-state index contributed by atoms with van der Waals surface area (Å²) in [7, 11) is 0. The first kappa shape index (κ1) is 19.3. The van der Waals surface area contributed by atoms with E-state index in [4.69, 9.17) is 4.84 Å². The molecule has 0 atom stereocenters. The van der Waals surface area contributed by atoms with Gasteiger partial charge in [0.25, 0.3) is 5.91 Å². The second-order valence-corrected chi connectivity index (χ2v) is 6.24. The van der Waals surface area contributed by atoms with Crippen LogP contribution in [-0.2, 0) is 9.63 Å². The van der Waals surface area contributed by atoms with Gasteiger partial charge in [0.2, 0.25) is 0 Å². The number of hydroxylamine groups is 1. The fraction of sp³-hybridized carbons (Fsp3) is 0.692. The second-order valence-electron chi connectivity index (χ2n) is 4.35. The number of urea groups is 1. The highest BCUT2D eigenvalue weighted by Crippen LogP contribution is 2.31. The van der Waals surface area contributed by atoms with E-state index in [0.29, 0.717) is 12.2 Å². The maximum Gasteiger partial charge on any atom is 0.345 e. The molecule has 3 amide bonds. The van der Waals surface area contributed by atoms with Gasteiger partial charge in [0, 0.05) is 9.81 Å². The van der Waals surface area contributed by atoms with Gasteiger partial charge in [-0.1, -0.05) is 27.2 Å². The van der Waals surface area contributed by atoms with Crippen LogP contribution in [0.15, 0.2) is 9.81 Å². The van der Waals surface area contributed by atoms with Crippen LogP contribution in [-0.4, -0.2) is 31.1 Å². The van der Waals surface area contributed by atoms with E-state index in [2.05, 4.69) is 10.8 Å². The predicted molar refractivity (Wildman–Crippen MR) is 86.4 cm³/mol. The monoisotopic (exact) mass is 320 g/mol. The number of rotatable bonds is 8. The summed E-state index contributed by atoms with van der Waals surface area (Å²) in [5, 5.41) is 2.29. The SMILES string of the molecule is CCCCONC(=O)NC(=O)C(=C(SC)SC)C(C)C. The van der Waals surface area contributed by atoms with Crippen LogP contribution in [0, 0.1) is 5.92 Å². The van der Waals surface area contributed by atoms with Crippen LogP contribution < -0.4 is 10.8 Å². The van der Waals surface area contributed by atoms with E-state index < -0.39 is 6.03 Å². The fourth-order valence-corrected chi connectivity index (χ4v) is 3.19. The highest BCUT2D eigenvalue weighted by atomic mass is 32.2. The van der Waals surface area contributed by atoms with Gasteiger partial charge in [0.15, 0.2) is 0 Å². The van der Waals surface area contributed by atoms with E-state index in [9.17, 15) is 9.59 Å². The Hall–Kier alpha value is -0.660. The molecule has 7 heteroatoms. The molecule has 0 aromatic carbocycles. The Bertz CT molecular complexity index is 352. The lowest BCUT2D eigenvalue weighted by Gasteiger charge is -2.15. The highest BCUT2D eigenvalue weighted by molar-refractivity contribution is 8.21. The smallest absolute Gasteiger partial charge is 0.272 e. The molecular weight excluding hydrogens is 296 g/mol. The summed E-state index contributed by atoms with van der Waals surface area (Å²) in [5.41, 5.74) is 2.83. The molecule has 0 aliphatic carbocycles. The molecule has 0 aliphatic rings. The van der Waals surface area contributed by atoms with Gasteiger partial charge in [-0.3, -0.25) is 14.9 Å². The standard InChI is InChI=1S/C13H24N2O3S2/c1-6-7-8-18-15-13(17)14-11(16)10(9(2)3)12(19-4)20-5/h9H,6-8H2,1-5H3,(H2,14,15,16,17). The average molecular weight is 320 g/mol. The molecule has 0 unspecified atom stereocenters. The van der Waals surface area contributed by atoms with Crippen LogP contribution in [0.25, 0.3) is 0 Å². The molecule has 0 aromatic rings. The van der Waals surface area contributed by atoms with E-state index in [1.807, 2.05) is 33.3 Å². The Morgan fingerprint density at radius 3 is 2.25 bits per heavy atom. The summed E-state index contributed by atoms with van der Waals surface area (Å²) >= 11 is 3.01. The van der Waals surface area contributed by atoms with Gasteiger partial charge in [-0.2, -0.15) is 0 Å². The number of nitrogens with one attached hydrogen (secondary N) is 2. The minimum Gasteiger partial charge on any atom is -0.272 e. The minimum atomic E-state index is -0.634. The lowest BCUT2D eigenvalue weighted by molar-refractivity contribution is -0.117. The number of amides is 3. The molecule has 2 N–H and O–H groups in total. The molecule has 20 heavy (non-hydrogen) atoms. The molecule has 116 valence electrons. The summed E-state index contributed by atoms with van der Waals surface area (Å²) in [6.45, 7) is 6.32. The predicted octanol–water partition coefficient (Wildman–Crippen LogP) is 3.14. The van der Waals surface area contributed by atoms with Crippen LogP contribution in [0.2, 0.25) is 0 Å². The second kappa shape index (κ2) is 11.0. The van der Waals surface area contributed by atoms with Crippen LogP contribution in [0.1, 0.15) is 33.6 Å². The Morgan fingerprint density at radius 1 is 1.20 bits per heavy atom. The van der Waals surface area contributed by atoms with Crippen LogP contribution in [0.5, 0.6) is 0 Å². The Balaban J connectivity index is 4.55. The van der Waals surface area contributed by atoms with E-state index in [-0.39, 0.29) is 11.8 Å². The largest absolute Gasteiger partial charge is 0.345 e. The molecule has 0 spiro atoms. The number of hydrogen-bond donors (Lipinski definition) is 2. The van der Waals surface area contributed by atoms with Gasteiger partial charge in [0.05, 0.1) is 6.61 Å². The molecule has 0 fully saturated rings. The molecule has 0 saturated carbocycles. The first-order valence-corrected chi connectivity index (χ1v) is 8.98. The van der Waals surface area contributed by atoms with Crippen molar-refractivity contribution in [1.82, 2.24) is 10.8 Å². The minimum absolute atomic E-state index is 0.0405. The van der Waals surface area contributed by atoms with Crippen LogP contribution in [0.4, 0.5) is 4.79 Å². The van der Waals surface area contributed by atoms with Crippen molar-refractivity contribution in [3.63, 3.8) is 0 Å². The van der Waals surface area contributed by atoms with Gasteiger partial charge in [-0.15, -0.1) is 23.5 Å². The van der Waals surface area contributed by atoms with Gasteiger partial charge in [-0.25, -0.2) is 10.3 Å². The first-order valence-electron chi connectivity index (χ1n) is 6.53. The van der Waals surface area contributed by atoms with Crippen molar-refractivity contribution >= 4 is 35.5 Å². The molecule has 0 saturated heterocycles. The maximum absolute atomic E-state index is 12.1. The van der Waals surface area contributed by atoms with Crippen molar-refractivity contribution in [2.45, 2.75) is 33.6 Å². The van der Waals surface area contributed by atoms with Gasteiger partial charge in [-0.05, 0) is 24.9 Å². The third kappa shape index (κ3) is 7.21. The Labute approximate surface area is 129 Å². The summed E-state index contributed by atoms with van der Waals surface area (Å²) in [6, 6.07) is -0.634. The van der Waals surface area contributed by atoms with Crippen molar-refractivity contribution in [3.8, 4) is 0 Å². The van der Waals surface area contributed by atoms with Crippen molar-refractivity contribution in [1.29, 1.82) is 0 Å². The fourth-order valence-electron chi connectivity index (χ4n) is 1.42. The molecule has 0 aliphatic heterocycles. The summed E-state index contributed by atoms with van der Waals surface area (Å²) < 4.78 is 0.914. The number of hydrogen-bond acceptors (Lipinski definition) is 5. The van der Waals surface area contributed by atoms with Crippen LogP contribution >= 0.6 is 23.5 Å². The number of carbonyl (C=O) groups excluding carboxylic acids is 2. The van der Waals surface area contributed by atoms with Gasteiger partial charge >= 0.3 is 6.03 Å². The maximum atomic E-state index is 12.1. The number of thioether (sulfide) groups is 2. The molecule has 0 aromatic heterocycles. The normalized spacial score (nSPS) is 10.3. The number of carbonyl (C=O) groups is 2. The summed E-state index contributed by atoms with van der Waals surface area (Å²) in [6.07, 6.45) is 5.66.